The van der Waals surface area contributed by atoms with E-state index in [4.69, 9.17) is 17.2 Å². The third-order valence-corrected chi connectivity index (χ3v) is 12.6. The predicted molar refractivity (Wildman–Crippen MR) is 297 cm³/mol. The Kier molecular flexibility index (Phi) is 29.3. The molecular weight excluding hydrogens is 1150 g/mol. The molecule has 3 rings (SSSR count). The Bertz CT molecular complexity index is 2860. The van der Waals surface area contributed by atoms with Crippen molar-refractivity contribution in [1.29, 1.82) is 0 Å². The van der Waals surface area contributed by atoms with Crippen LogP contribution in [0.2, 0.25) is 0 Å². The lowest BCUT2D eigenvalue weighted by Gasteiger charge is -2.28. The van der Waals surface area contributed by atoms with Crippen molar-refractivity contribution in [2.24, 2.45) is 17.2 Å². The number of carbonyl (C=O) groups excluding carboxylic acids is 12. The number of phenolic OH excluding ortho intramolecular Hbond substituents is 1. The zero-order valence-corrected chi connectivity index (χ0v) is 47.0. The number of nitrogens with zero attached hydrogens (tertiary/aromatic N) is 1. The highest BCUT2D eigenvalue weighted by atomic mass is 16.4. The Labute approximate surface area is 495 Å². The summed E-state index contributed by atoms with van der Waals surface area (Å²) >= 11 is 0. The van der Waals surface area contributed by atoms with Gasteiger partial charge < -0.3 is 111 Å². The number of nitrogens with two attached hydrogens (primary N) is 3. The Balaban J connectivity index is 1.77. The molecular formula is C52H73N15O20. The van der Waals surface area contributed by atoms with Crippen LogP contribution in [0.4, 0.5) is 0 Å². The molecule has 35 nitrogen and oxygen atoms in total. The Morgan fingerprint density at radius 1 is 0.529 bits per heavy atom. The fourth-order valence-electron chi connectivity index (χ4n) is 7.87. The minimum absolute atomic E-state index is 0.0307. The molecule has 0 aliphatic rings. The lowest BCUT2D eigenvalue weighted by atomic mass is 10.0. The number of aromatic hydroxyl groups is 1. The number of carboxylic acids is 1. The van der Waals surface area contributed by atoms with Gasteiger partial charge in [0.25, 0.3) is 0 Å². The van der Waals surface area contributed by atoms with Crippen molar-refractivity contribution in [3.05, 3.63) is 83.9 Å². The molecule has 1 aromatic heterocycles. The lowest BCUT2D eigenvalue weighted by molar-refractivity contribution is -0.142. The van der Waals surface area contributed by atoms with E-state index >= 15 is 0 Å². The van der Waals surface area contributed by atoms with Gasteiger partial charge in [-0.05, 0) is 43.5 Å². The normalized spacial score (nSPS) is 15.1. The van der Waals surface area contributed by atoms with Crippen LogP contribution in [0.3, 0.4) is 0 Å². The molecule has 24 N–H and O–H groups in total. The van der Waals surface area contributed by atoms with Crippen LogP contribution >= 0.6 is 0 Å². The van der Waals surface area contributed by atoms with E-state index in [9.17, 15) is 98.1 Å². The number of imidazole rings is 1. The highest BCUT2D eigenvalue weighted by molar-refractivity contribution is 5.99. The van der Waals surface area contributed by atoms with Crippen LogP contribution < -0.4 is 70.4 Å². The molecule has 3 aromatic rings. The summed E-state index contributed by atoms with van der Waals surface area (Å²) in [6, 6.07) is -4.52. The van der Waals surface area contributed by atoms with E-state index in [-0.39, 0.29) is 25.0 Å². The first-order chi connectivity index (χ1) is 41.1. The molecule has 0 fully saturated rings. The number of primary amides is 2. The van der Waals surface area contributed by atoms with Gasteiger partial charge >= 0.3 is 5.97 Å². The highest BCUT2D eigenvalue weighted by Gasteiger charge is 2.37. The first-order valence-electron chi connectivity index (χ1n) is 26.6. The van der Waals surface area contributed by atoms with Crippen molar-refractivity contribution < 1.29 is 98.1 Å². The topological polar surface area (TPSA) is 591 Å². The van der Waals surface area contributed by atoms with Gasteiger partial charge in [0.2, 0.25) is 70.9 Å². The van der Waals surface area contributed by atoms with Crippen molar-refractivity contribution in [2.45, 2.75) is 125 Å². The second-order valence-electron chi connectivity index (χ2n) is 19.7. The molecule has 87 heavy (non-hydrogen) atoms. The molecule has 12 atom stereocenters. The van der Waals surface area contributed by atoms with E-state index in [1.165, 1.54) is 48.9 Å². The largest absolute Gasteiger partial charge is 0.508 e. The summed E-state index contributed by atoms with van der Waals surface area (Å²) in [6.45, 7) is -2.05. The summed E-state index contributed by atoms with van der Waals surface area (Å²) in [5, 5.41) is 92.5. The van der Waals surface area contributed by atoms with E-state index in [1.807, 2.05) is 5.32 Å². The number of carbonyl (C=O) groups is 13. The number of nitrogens with one attached hydrogen (secondary N) is 11. The predicted octanol–water partition coefficient (Wildman–Crippen LogP) is -10.1. The average Bonchev–Trinajstić information content (AvgIpc) is 3.65. The summed E-state index contributed by atoms with van der Waals surface area (Å²) in [7, 11) is 0. The fraction of sp³-hybridized carbons (Fsp3) is 0.462. The second kappa shape index (κ2) is 35.6. The highest BCUT2D eigenvalue weighted by Crippen LogP contribution is 2.13. The number of H-pyrrole nitrogens is 1. The van der Waals surface area contributed by atoms with Gasteiger partial charge in [-0.25, -0.2) is 4.98 Å². The van der Waals surface area contributed by atoms with Crippen LogP contribution in [-0.2, 0) is 81.6 Å². The number of phenols is 1. The maximum Gasteiger partial charge on any atom is 0.305 e. The molecule has 0 saturated carbocycles. The van der Waals surface area contributed by atoms with E-state index < -0.39 is 195 Å². The number of aromatic nitrogens is 2. The molecule has 0 bridgehead atoms. The third-order valence-electron chi connectivity index (χ3n) is 12.6. The van der Waals surface area contributed by atoms with E-state index in [0.29, 0.717) is 16.8 Å². The number of carboxylic acid groups (broad SMARTS) is 1. The number of aromatic amines is 1. The molecule has 0 radical (unpaired) electrons. The van der Waals surface area contributed by atoms with Gasteiger partial charge in [0, 0.05) is 37.6 Å². The summed E-state index contributed by atoms with van der Waals surface area (Å²) < 4.78 is 0. The summed E-state index contributed by atoms with van der Waals surface area (Å²) in [5.41, 5.74) is 17.6. The standard InChI is InChI=1S/C52H73N15O20/c1-24(71)41(66-39(75)19-57-45(80)31(12-13-38(54)74)59-49(84)36(21-69)64-44(79)30(53)16-28-18-56-23-58-28)51(86)62-33(14-26-6-4-3-5-7-26)48(83)67-42(25(2)72)52(87)65-37(22-70)50(85)61-34(17-40(76)77)47(82)60-32(15-27-8-10-29(73)11-9-27)46(81)63-35(20-68)43(55)78/h3-11,18,23-25,30-37,41-42,68-73H,12-17,19-22,53H2,1-2H3,(H2,54,74)(H2,55,78)(H,56,58)(H,57,80)(H,59,84)(H,60,82)(H,61,85)(H,62,86)(H,63,81)(H,64,79)(H,65,87)(H,66,75)(H,67,83)(H,76,77)/t24-,25-,30+,31+,32+,33+,34+,35+,36+,37+,41+,42+/m1/s1. The second-order valence-corrected chi connectivity index (χ2v) is 19.7. The number of rotatable bonds is 37. The third kappa shape index (κ3) is 24.4. The molecule has 35 heteroatoms. The van der Waals surface area contributed by atoms with Crippen LogP contribution in [0.15, 0.2) is 67.1 Å². The van der Waals surface area contributed by atoms with Gasteiger partial charge in [-0.15, -0.1) is 0 Å². The zero-order chi connectivity index (χ0) is 65.1. The average molecular weight is 1230 g/mol. The number of amides is 12. The van der Waals surface area contributed by atoms with Gasteiger partial charge in [0.15, 0.2) is 0 Å². The monoisotopic (exact) mass is 1230 g/mol. The molecule has 0 spiro atoms. The first-order valence-corrected chi connectivity index (χ1v) is 26.6. The van der Waals surface area contributed by atoms with E-state index in [2.05, 4.69) is 57.8 Å². The number of aliphatic hydroxyl groups excluding tert-OH is 5. The van der Waals surface area contributed by atoms with Crippen LogP contribution in [0.1, 0.15) is 49.9 Å². The molecule has 0 saturated heterocycles. The quantitative estimate of drug-likeness (QED) is 0.0255. The maximum absolute atomic E-state index is 14.1. The molecule has 12 amide bonds. The van der Waals surface area contributed by atoms with Crippen LogP contribution in [0.25, 0.3) is 0 Å². The smallest absolute Gasteiger partial charge is 0.305 e. The van der Waals surface area contributed by atoms with Crippen LogP contribution in [0.5, 0.6) is 5.75 Å². The fourth-order valence-corrected chi connectivity index (χ4v) is 7.87. The first kappa shape index (κ1) is 71.6. The van der Waals surface area contributed by atoms with Crippen molar-refractivity contribution >= 4 is 76.9 Å². The van der Waals surface area contributed by atoms with Crippen LogP contribution in [0, 0.1) is 0 Å². The van der Waals surface area contributed by atoms with Crippen molar-refractivity contribution in [1.82, 2.24) is 63.1 Å². The summed E-state index contributed by atoms with van der Waals surface area (Å²) in [6.07, 6.45) is -3.66. The van der Waals surface area contributed by atoms with Crippen molar-refractivity contribution in [2.75, 3.05) is 26.4 Å². The van der Waals surface area contributed by atoms with Crippen molar-refractivity contribution in [3.8, 4) is 5.75 Å². The van der Waals surface area contributed by atoms with Crippen LogP contribution in [-0.4, -0.2) is 222 Å². The van der Waals surface area contributed by atoms with Gasteiger partial charge in [0.05, 0.1) is 57.4 Å². The van der Waals surface area contributed by atoms with E-state index in [1.54, 1.807) is 18.2 Å². The molecule has 2 aromatic carbocycles. The zero-order valence-electron chi connectivity index (χ0n) is 47.0. The van der Waals surface area contributed by atoms with Gasteiger partial charge in [0.1, 0.15) is 60.1 Å². The van der Waals surface area contributed by atoms with E-state index in [0.717, 1.165) is 13.8 Å². The number of hydrogen-bond acceptors (Lipinski definition) is 21. The van der Waals surface area contributed by atoms with Crippen molar-refractivity contribution in [3.63, 3.8) is 0 Å². The number of aliphatic hydroxyl groups is 5. The summed E-state index contributed by atoms with van der Waals surface area (Å²) in [5.74, 6) is -15.8. The molecule has 1 heterocycles. The summed E-state index contributed by atoms with van der Waals surface area (Å²) in [4.78, 5) is 177. The number of benzene rings is 2. The minimum Gasteiger partial charge on any atom is -0.508 e. The Hall–Kier alpha value is -9.68. The molecule has 476 valence electrons. The number of aliphatic carboxylic acids is 1. The van der Waals surface area contributed by atoms with Gasteiger partial charge in [-0.3, -0.25) is 62.3 Å². The molecule has 0 aliphatic carbocycles. The Morgan fingerprint density at radius 2 is 0.977 bits per heavy atom. The Morgan fingerprint density at radius 3 is 1.47 bits per heavy atom. The van der Waals surface area contributed by atoms with Gasteiger partial charge in [-0.2, -0.15) is 0 Å². The lowest BCUT2D eigenvalue weighted by Crippen LogP contribution is -2.63. The maximum atomic E-state index is 14.1. The molecule has 0 aliphatic heterocycles. The number of hydrogen-bond donors (Lipinski definition) is 21. The van der Waals surface area contributed by atoms with Gasteiger partial charge in [-0.1, -0.05) is 42.5 Å². The minimum atomic E-state index is -2.06. The SMILES string of the molecule is C[C@@H](O)[C@H](NC(=O)CNC(=O)[C@H](CCC(N)=O)NC(=O)[C@H](CO)NC(=O)[C@@H](N)Cc1cnc[nH]1)C(=O)N[C@@H](Cc1ccccc1)C(=O)N[C@H](C(=O)N[C@@H](CO)C(=O)N[C@@H](CC(=O)O)C(=O)N[C@@H](Cc1ccc(O)cc1)C(=O)N[C@@H](CO)C(N)=O)[C@@H](C)O. The molecule has 0 unspecified atom stereocenters.